The van der Waals surface area contributed by atoms with Gasteiger partial charge in [0.15, 0.2) is 5.96 Å². The Hall–Kier alpha value is -1.75. The zero-order valence-corrected chi connectivity index (χ0v) is 16.0. The molecule has 3 aliphatic rings. The van der Waals surface area contributed by atoms with E-state index in [2.05, 4.69) is 33.8 Å². The van der Waals surface area contributed by atoms with Crippen molar-refractivity contribution >= 4 is 5.96 Å². The number of ether oxygens (including phenoxy) is 2. The second-order valence-electron chi connectivity index (χ2n) is 7.97. The molecular formula is C21H31N3O2. The Morgan fingerprint density at radius 1 is 1.27 bits per heavy atom. The van der Waals surface area contributed by atoms with Crippen molar-refractivity contribution in [1.29, 1.82) is 0 Å². The fourth-order valence-electron chi connectivity index (χ4n) is 5.09. The van der Waals surface area contributed by atoms with Gasteiger partial charge in [-0.2, -0.15) is 0 Å². The van der Waals surface area contributed by atoms with E-state index in [9.17, 15) is 0 Å². The summed E-state index contributed by atoms with van der Waals surface area (Å²) in [5.41, 5.74) is 1.45. The van der Waals surface area contributed by atoms with Crippen molar-refractivity contribution in [2.24, 2.45) is 4.99 Å². The van der Waals surface area contributed by atoms with Gasteiger partial charge in [-0.3, -0.25) is 4.99 Å². The summed E-state index contributed by atoms with van der Waals surface area (Å²) in [5, 5.41) is 7.22. The van der Waals surface area contributed by atoms with Crippen LogP contribution >= 0.6 is 0 Å². The zero-order chi connectivity index (χ0) is 18.0. The molecule has 0 aromatic heterocycles. The van der Waals surface area contributed by atoms with Crippen LogP contribution in [-0.2, 0) is 10.2 Å². The maximum Gasteiger partial charge on any atom is 0.191 e. The summed E-state index contributed by atoms with van der Waals surface area (Å²) in [6, 6.07) is 8.87. The smallest absolute Gasteiger partial charge is 0.191 e. The van der Waals surface area contributed by atoms with E-state index in [-0.39, 0.29) is 5.41 Å². The molecule has 1 aromatic rings. The number of fused-ring (bicyclic) bond motifs is 2. The molecule has 0 spiro atoms. The average molecular weight is 357 g/mol. The SMILES string of the molecule is CN=C(NCC1(c2ccccc2OC)CCCC1)NC1CC2CCC1O2. The number of para-hydroxylation sites is 1. The number of methoxy groups -OCH3 is 1. The minimum absolute atomic E-state index is 0.120. The van der Waals surface area contributed by atoms with Gasteiger partial charge in [0, 0.05) is 24.6 Å². The van der Waals surface area contributed by atoms with Crippen molar-refractivity contribution in [1.82, 2.24) is 10.6 Å². The molecule has 3 fully saturated rings. The van der Waals surface area contributed by atoms with Crippen molar-refractivity contribution < 1.29 is 9.47 Å². The highest BCUT2D eigenvalue weighted by Gasteiger charge is 2.42. The van der Waals surface area contributed by atoms with Gasteiger partial charge < -0.3 is 20.1 Å². The summed E-state index contributed by atoms with van der Waals surface area (Å²) in [6.07, 6.45) is 9.21. The Bertz CT molecular complexity index is 654. The van der Waals surface area contributed by atoms with Gasteiger partial charge in [-0.15, -0.1) is 0 Å². The molecule has 0 radical (unpaired) electrons. The van der Waals surface area contributed by atoms with Gasteiger partial charge in [0.05, 0.1) is 25.4 Å². The summed E-state index contributed by atoms with van der Waals surface area (Å²) >= 11 is 0. The van der Waals surface area contributed by atoms with Crippen LogP contribution in [0.1, 0.15) is 50.5 Å². The number of aliphatic imine (C=N–C) groups is 1. The fraction of sp³-hybridized carbons (Fsp3) is 0.667. The van der Waals surface area contributed by atoms with Gasteiger partial charge in [-0.1, -0.05) is 31.0 Å². The van der Waals surface area contributed by atoms with E-state index >= 15 is 0 Å². The van der Waals surface area contributed by atoms with Crippen LogP contribution in [0.25, 0.3) is 0 Å². The molecule has 1 aromatic carbocycles. The van der Waals surface area contributed by atoms with E-state index in [1.165, 1.54) is 44.1 Å². The maximum absolute atomic E-state index is 5.97. The standard InChI is InChI=1S/C21H31N3O2/c1-22-20(24-17-13-15-9-10-19(17)26-15)23-14-21(11-5-6-12-21)16-7-3-4-8-18(16)25-2/h3-4,7-8,15,17,19H,5-6,9-14H2,1-2H3,(H2,22,23,24). The Kier molecular flexibility index (Phi) is 5.07. The Balaban J connectivity index is 1.45. The quantitative estimate of drug-likeness (QED) is 0.628. The van der Waals surface area contributed by atoms with Crippen molar-refractivity contribution in [2.75, 3.05) is 20.7 Å². The number of rotatable bonds is 5. The van der Waals surface area contributed by atoms with Gasteiger partial charge in [0.2, 0.25) is 0 Å². The van der Waals surface area contributed by atoms with E-state index in [1.54, 1.807) is 7.11 Å². The predicted octanol–water partition coefficient (Wildman–Crippen LogP) is 2.99. The highest BCUT2D eigenvalue weighted by Crippen LogP contribution is 2.44. The first-order chi connectivity index (χ1) is 12.7. The van der Waals surface area contributed by atoms with Crippen molar-refractivity contribution in [3.05, 3.63) is 29.8 Å². The topological polar surface area (TPSA) is 54.9 Å². The second kappa shape index (κ2) is 7.47. The van der Waals surface area contributed by atoms with Crippen molar-refractivity contribution in [3.63, 3.8) is 0 Å². The Morgan fingerprint density at radius 3 is 2.73 bits per heavy atom. The summed E-state index contributed by atoms with van der Waals surface area (Å²) in [4.78, 5) is 4.47. The van der Waals surface area contributed by atoms with Gasteiger partial charge in [-0.05, 0) is 38.2 Å². The lowest BCUT2D eigenvalue weighted by molar-refractivity contribution is 0.0992. The lowest BCUT2D eigenvalue weighted by atomic mass is 9.78. The molecule has 3 atom stereocenters. The molecule has 2 heterocycles. The van der Waals surface area contributed by atoms with Crippen LogP contribution in [0.2, 0.25) is 0 Å². The Labute approximate surface area is 156 Å². The average Bonchev–Trinajstić information content (AvgIpc) is 3.42. The number of hydrogen-bond donors (Lipinski definition) is 2. The summed E-state index contributed by atoms with van der Waals surface area (Å²) in [5.74, 6) is 1.90. The molecule has 5 heteroatoms. The van der Waals surface area contributed by atoms with Gasteiger partial charge in [0.25, 0.3) is 0 Å². The molecule has 4 rings (SSSR count). The fourth-order valence-corrected chi connectivity index (χ4v) is 5.09. The molecule has 1 saturated carbocycles. The number of nitrogens with one attached hydrogen (secondary N) is 2. The maximum atomic E-state index is 5.97. The third-order valence-corrected chi connectivity index (χ3v) is 6.48. The zero-order valence-electron chi connectivity index (χ0n) is 16.0. The van der Waals surface area contributed by atoms with E-state index in [0.29, 0.717) is 18.2 Å². The summed E-state index contributed by atoms with van der Waals surface area (Å²) in [7, 11) is 3.62. The summed E-state index contributed by atoms with van der Waals surface area (Å²) < 4.78 is 11.6. The number of hydrogen-bond acceptors (Lipinski definition) is 3. The highest BCUT2D eigenvalue weighted by molar-refractivity contribution is 5.80. The van der Waals surface area contributed by atoms with Crippen LogP contribution in [0, 0.1) is 0 Å². The van der Waals surface area contributed by atoms with Crippen LogP contribution in [-0.4, -0.2) is 44.9 Å². The van der Waals surface area contributed by atoms with E-state index in [1.807, 2.05) is 13.1 Å². The molecule has 2 aliphatic heterocycles. The largest absolute Gasteiger partial charge is 0.496 e. The molecule has 26 heavy (non-hydrogen) atoms. The summed E-state index contributed by atoms with van der Waals surface area (Å²) in [6.45, 7) is 0.884. The third kappa shape index (κ3) is 3.29. The molecule has 2 N–H and O–H groups in total. The van der Waals surface area contributed by atoms with Crippen LogP contribution in [0.5, 0.6) is 5.75 Å². The minimum Gasteiger partial charge on any atom is -0.496 e. The lowest BCUT2D eigenvalue weighted by Crippen LogP contribution is -2.50. The molecular weight excluding hydrogens is 326 g/mol. The van der Waals surface area contributed by atoms with Gasteiger partial charge in [0.1, 0.15) is 5.75 Å². The van der Waals surface area contributed by atoms with Crippen LogP contribution in [0.15, 0.2) is 29.3 Å². The molecule has 2 bridgehead atoms. The first-order valence-corrected chi connectivity index (χ1v) is 10.0. The predicted molar refractivity (Wildman–Crippen MR) is 104 cm³/mol. The molecule has 142 valence electrons. The van der Waals surface area contributed by atoms with E-state index < -0.39 is 0 Å². The molecule has 1 aliphatic carbocycles. The van der Waals surface area contributed by atoms with E-state index in [4.69, 9.17) is 9.47 Å². The number of nitrogens with zero attached hydrogens (tertiary/aromatic N) is 1. The van der Waals surface area contributed by atoms with Gasteiger partial charge >= 0.3 is 0 Å². The first-order valence-electron chi connectivity index (χ1n) is 10.0. The lowest BCUT2D eigenvalue weighted by Gasteiger charge is -2.32. The third-order valence-electron chi connectivity index (χ3n) is 6.48. The minimum atomic E-state index is 0.120. The first kappa shape index (κ1) is 17.7. The normalized spacial score (nSPS) is 29.8. The second-order valence-corrected chi connectivity index (χ2v) is 7.97. The number of guanidine groups is 1. The molecule has 2 saturated heterocycles. The molecule has 3 unspecified atom stereocenters. The van der Waals surface area contributed by atoms with Crippen LogP contribution in [0.4, 0.5) is 0 Å². The van der Waals surface area contributed by atoms with Crippen molar-refractivity contribution in [2.45, 2.75) is 68.6 Å². The monoisotopic (exact) mass is 357 g/mol. The van der Waals surface area contributed by atoms with Crippen molar-refractivity contribution in [3.8, 4) is 5.75 Å². The molecule has 0 amide bonds. The van der Waals surface area contributed by atoms with E-state index in [0.717, 1.165) is 24.7 Å². The number of benzene rings is 1. The van der Waals surface area contributed by atoms with Crippen LogP contribution < -0.4 is 15.4 Å². The van der Waals surface area contributed by atoms with Gasteiger partial charge in [-0.25, -0.2) is 0 Å². The molecule has 5 nitrogen and oxygen atoms in total. The van der Waals surface area contributed by atoms with Crippen LogP contribution in [0.3, 0.4) is 0 Å². The Morgan fingerprint density at radius 2 is 2.08 bits per heavy atom. The highest BCUT2D eigenvalue weighted by atomic mass is 16.5.